The number of alkyl carbamates (subject to hydrolysis) is 3. The predicted octanol–water partition coefficient (Wildman–Crippen LogP) is 3.98. The molecule has 346 valence electrons. The van der Waals surface area contributed by atoms with Crippen LogP contribution in [0.4, 0.5) is 14.4 Å². The average molecular weight is 863 g/mol. The van der Waals surface area contributed by atoms with E-state index in [1.165, 1.54) is 7.11 Å². The molecule has 2 aliphatic rings. The topological polar surface area (TPSA) is 196 Å². The van der Waals surface area contributed by atoms with Gasteiger partial charge in [-0.15, -0.1) is 0 Å². The zero-order chi connectivity index (χ0) is 44.8. The van der Waals surface area contributed by atoms with Crippen LogP contribution in [-0.2, 0) is 38.6 Å². The molecule has 6 atom stereocenters. The second-order valence-corrected chi connectivity index (χ2v) is 16.8. The van der Waals surface area contributed by atoms with E-state index in [4.69, 9.17) is 18.9 Å². The van der Waals surface area contributed by atoms with Gasteiger partial charge in [-0.3, -0.25) is 9.80 Å². The summed E-state index contributed by atoms with van der Waals surface area (Å²) < 4.78 is 24.6. The van der Waals surface area contributed by atoms with E-state index in [0.29, 0.717) is 109 Å². The Morgan fingerprint density at radius 1 is 0.590 bits per heavy atom. The van der Waals surface area contributed by atoms with E-state index in [2.05, 4.69) is 52.8 Å². The molecule has 18 heteroatoms. The molecule has 3 heterocycles. The average Bonchev–Trinajstić information content (AvgIpc) is 4.12. The van der Waals surface area contributed by atoms with E-state index in [1.807, 2.05) is 13.8 Å². The highest BCUT2D eigenvalue weighted by Crippen LogP contribution is 2.24. The molecule has 6 unspecified atom stereocenters. The number of unbranched alkanes of at least 4 members (excludes halogenated alkanes) is 9. The zero-order valence-electron chi connectivity index (χ0n) is 37.5. The van der Waals surface area contributed by atoms with E-state index in [9.17, 15) is 28.8 Å². The number of carbonyl (C=O) groups is 3. The lowest BCUT2D eigenvalue weighted by Crippen LogP contribution is -2.54. The van der Waals surface area contributed by atoms with Crippen molar-refractivity contribution in [2.75, 3.05) is 66.1 Å². The fraction of sp³-hybridized carbons (Fsp3) is 0.767. The molecule has 0 bridgehead atoms. The van der Waals surface area contributed by atoms with Crippen LogP contribution in [0.15, 0.2) is 39.7 Å². The van der Waals surface area contributed by atoms with E-state index >= 15 is 0 Å². The number of methoxy groups -OCH3 is 1. The summed E-state index contributed by atoms with van der Waals surface area (Å²) in [5.74, 6) is 0. The Morgan fingerprint density at radius 2 is 0.918 bits per heavy atom. The quantitative estimate of drug-likeness (QED) is 0.0409. The monoisotopic (exact) mass is 863 g/mol. The molecule has 3 rings (SSSR count). The van der Waals surface area contributed by atoms with Crippen molar-refractivity contribution in [1.82, 2.24) is 39.5 Å². The first-order valence-electron chi connectivity index (χ1n) is 22.2. The lowest BCUT2D eigenvalue weighted by atomic mass is 10.1. The molecule has 3 amide bonds. The van der Waals surface area contributed by atoms with Crippen molar-refractivity contribution in [3.05, 3.63) is 56.8 Å². The number of aromatic nitrogens is 3. The third kappa shape index (κ3) is 18.6. The van der Waals surface area contributed by atoms with Gasteiger partial charge in [0.2, 0.25) is 0 Å². The number of ether oxygens (including phenoxy) is 4. The van der Waals surface area contributed by atoms with Gasteiger partial charge in [-0.2, -0.15) is 0 Å². The van der Waals surface area contributed by atoms with Crippen molar-refractivity contribution < 1.29 is 33.3 Å². The van der Waals surface area contributed by atoms with Crippen LogP contribution >= 0.6 is 0 Å². The molecule has 0 radical (unpaired) electrons. The number of rotatable bonds is 32. The molecule has 0 spiro atoms. The number of hydrogen-bond acceptors (Lipinski definition) is 12. The van der Waals surface area contributed by atoms with Crippen molar-refractivity contribution in [2.45, 2.75) is 148 Å². The smallest absolute Gasteiger partial charge is 0.408 e. The van der Waals surface area contributed by atoms with Gasteiger partial charge in [-0.25, -0.2) is 42.5 Å². The van der Waals surface area contributed by atoms with Crippen LogP contribution in [-0.4, -0.2) is 131 Å². The molecule has 2 fully saturated rings. The van der Waals surface area contributed by atoms with Crippen molar-refractivity contribution in [2.24, 2.45) is 0 Å². The van der Waals surface area contributed by atoms with Gasteiger partial charge in [0.25, 0.3) is 0 Å². The number of nitrogens with zero attached hydrogens (tertiary/aromatic N) is 5. The summed E-state index contributed by atoms with van der Waals surface area (Å²) in [6, 6.07) is 0.960. The summed E-state index contributed by atoms with van der Waals surface area (Å²) in [6.45, 7) is 21.0. The first kappa shape index (κ1) is 50.9. The van der Waals surface area contributed by atoms with Crippen molar-refractivity contribution >= 4 is 18.3 Å². The minimum atomic E-state index is -0.777. The number of carbonyl (C=O) groups excluding carboxylic acids is 3. The molecule has 18 nitrogen and oxygen atoms in total. The highest BCUT2D eigenvalue weighted by atomic mass is 16.6. The van der Waals surface area contributed by atoms with Crippen LogP contribution in [0.3, 0.4) is 0 Å². The van der Waals surface area contributed by atoms with Crippen LogP contribution < -0.4 is 33.0 Å². The maximum absolute atomic E-state index is 13.6. The van der Waals surface area contributed by atoms with Crippen LogP contribution in [0.25, 0.3) is 0 Å². The van der Waals surface area contributed by atoms with Crippen molar-refractivity contribution in [1.29, 1.82) is 0 Å². The fourth-order valence-corrected chi connectivity index (χ4v) is 6.95. The molecular formula is C43H74N8O10. The maximum Gasteiger partial charge on any atom is 0.408 e. The highest BCUT2D eigenvalue weighted by Gasteiger charge is 2.38. The molecule has 0 aliphatic carbocycles. The van der Waals surface area contributed by atoms with Crippen LogP contribution in [0.5, 0.6) is 0 Å². The van der Waals surface area contributed by atoms with Gasteiger partial charge >= 0.3 is 35.3 Å². The normalized spacial score (nSPS) is 19.8. The lowest BCUT2D eigenvalue weighted by Gasteiger charge is -2.26. The molecule has 1 aromatic rings. The van der Waals surface area contributed by atoms with E-state index < -0.39 is 46.6 Å². The molecule has 0 aromatic carbocycles. The Labute approximate surface area is 361 Å². The van der Waals surface area contributed by atoms with Gasteiger partial charge in [0, 0.05) is 84.6 Å². The van der Waals surface area contributed by atoms with Gasteiger partial charge in [0.1, 0.15) is 17.8 Å². The molecule has 0 saturated carbocycles. The van der Waals surface area contributed by atoms with Gasteiger partial charge in [-0.05, 0) is 78.4 Å². The first-order valence-corrected chi connectivity index (χ1v) is 22.2. The second kappa shape index (κ2) is 26.1. The molecule has 1 aromatic heterocycles. The summed E-state index contributed by atoms with van der Waals surface area (Å²) in [7, 11) is 1.53. The third-order valence-electron chi connectivity index (χ3n) is 11.2. The summed E-state index contributed by atoms with van der Waals surface area (Å²) >= 11 is 0. The third-order valence-corrected chi connectivity index (χ3v) is 11.2. The molecule has 2 saturated heterocycles. The van der Waals surface area contributed by atoms with E-state index in [1.54, 1.807) is 12.2 Å². The Hall–Kier alpha value is -4.42. The van der Waals surface area contributed by atoms with E-state index in [0.717, 1.165) is 46.1 Å². The second-order valence-electron chi connectivity index (χ2n) is 16.8. The minimum absolute atomic E-state index is 0.163. The Morgan fingerprint density at radius 3 is 1.23 bits per heavy atom. The van der Waals surface area contributed by atoms with Crippen molar-refractivity contribution in [3.63, 3.8) is 0 Å². The van der Waals surface area contributed by atoms with Gasteiger partial charge in [-0.1, -0.05) is 51.7 Å². The molecular weight excluding hydrogens is 789 g/mol. The number of hydrogen-bond donors (Lipinski definition) is 3. The fourth-order valence-electron chi connectivity index (χ4n) is 6.95. The standard InChI is InChI=1S/C43H74N8O10/c1-8-42(5,32-47-30-34(47)3)60-37(53)45-23-17-11-14-20-26-50-39(55)49(25-19-13-10-16-22-44-36(52)59-29-28-58-7)40(56)51(41(50)57)27-21-15-12-18-24-46-38(54)61-43(6,9-2)33-48-31-35(48)4/h8-9,34-35H,1-2,10-33H2,3-7H3,(H,44,52)(H,45,53)(H,46,54). The summed E-state index contributed by atoms with van der Waals surface area (Å²) in [4.78, 5) is 81.8. The summed E-state index contributed by atoms with van der Waals surface area (Å²) in [6.07, 6.45) is 9.90. The predicted molar refractivity (Wildman–Crippen MR) is 234 cm³/mol. The molecule has 2 aliphatic heterocycles. The largest absolute Gasteiger partial charge is 0.447 e. The number of amides is 3. The van der Waals surface area contributed by atoms with Gasteiger partial charge < -0.3 is 34.9 Å². The van der Waals surface area contributed by atoms with E-state index in [-0.39, 0.29) is 26.2 Å². The van der Waals surface area contributed by atoms with Gasteiger partial charge in [0.05, 0.1) is 6.61 Å². The van der Waals surface area contributed by atoms with Crippen molar-refractivity contribution in [3.8, 4) is 0 Å². The molecule has 3 N–H and O–H groups in total. The highest BCUT2D eigenvalue weighted by molar-refractivity contribution is 5.68. The summed E-state index contributed by atoms with van der Waals surface area (Å²) in [5.41, 5.74) is -3.41. The maximum atomic E-state index is 13.6. The summed E-state index contributed by atoms with van der Waals surface area (Å²) in [5, 5.41) is 8.29. The zero-order valence-corrected chi connectivity index (χ0v) is 37.5. The first-order chi connectivity index (χ1) is 29.2. The Balaban J connectivity index is 1.48. The lowest BCUT2D eigenvalue weighted by molar-refractivity contribution is 0.0480. The van der Waals surface area contributed by atoms with Gasteiger partial charge in [0.15, 0.2) is 0 Å². The van der Waals surface area contributed by atoms with Crippen LogP contribution in [0.1, 0.15) is 105 Å². The SMILES string of the molecule is C=CC(C)(CN1CC1C)OC(=O)NCCCCCCn1c(=O)n(CCCCCCNC(=O)OCCOC)c(=O)n(CCCCCCNC(=O)OC(C)(C=C)CN2CC2C)c1=O. The Kier molecular flexibility index (Phi) is 21.8. The minimum Gasteiger partial charge on any atom is -0.447 e. The Bertz CT molecular complexity index is 1640. The number of nitrogens with one attached hydrogen (secondary N) is 3. The van der Waals surface area contributed by atoms with Crippen LogP contribution in [0, 0.1) is 0 Å². The van der Waals surface area contributed by atoms with Crippen LogP contribution in [0.2, 0.25) is 0 Å². The molecule has 61 heavy (non-hydrogen) atoms.